The van der Waals surface area contributed by atoms with Crippen LogP contribution in [-0.4, -0.2) is 32.6 Å². The maximum Gasteiger partial charge on any atom is 0.143 e. The summed E-state index contributed by atoms with van der Waals surface area (Å²) in [6.45, 7) is 25.7. The zero-order valence-electron chi connectivity index (χ0n) is 60.4. The van der Waals surface area contributed by atoms with Crippen molar-refractivity contribution in [2.45, 2.75) is 105 Å². The van der Waals surface area contributed by atoms with Gasteiger partial charge in [-0.15, -0.1) is 40.9 Å². The molecule has 0 aliphatic heterocycles. The second-order valence-corrected chi connectivity index (χ2v) is 32.8. The Bertz CT molecular complexity index is 5720. The van der Waals surface area contributed by atoms with E-state index in [0.29, 0.717) is 11.1 Å². The van der Waals surface area contributed by atoms with E-state index >= 15 is 0 Å². The molecule has 0 aliphatic rings. The van der Waals surface area contributed by atoms with Gasteiger partial charge in [0.1, 0.15) is 49.9 Å². The standard InChI is InChI=1S/C46H39FN2O2S.C46H38FN2O2S.Pt/c2*1-45(2,3)30-22-29(42(50)37(25-30)46(4,5)6)26-48-38-16-9-7-13-35(38)44-49-41-36(23-28(24-40(41)52-44)27-18-20-31(47)21-19-27)34-15-11-14-33-32-12-8-10-17-39(32)51-43(33)34;/h7-26,50H,1-6H3;7-14,16-26,50H,1-6H3;/q;-1;. The average Bonchev–Trinajstić information content (AvgIpc) is 1.60. The Morgan fingerprint density at radius 1 is 0.400 bits per heavy atom. The molecule has 0 bridgehead atoms. The van der Waals surface area contributed by atoms with Crippen molar-refractivity contribution in [2.75, 3.05) is 0 Å². The molecule has 16 aromatic rings. The van der Waals surface area contributed by atoms with E-state index in [1.54, 1.807) is 47.2 Å². The summed E-state index contributed by atoms with van der Waals surface area (Å²) in [6.07, 6.45) is 3.54. The van der Waals surface area contributed by atoms with Gasteiger partial charge in [0.25, 0.3) is 0 Å². The van der Waals surface area contributed by atoms with Crippen molar-refractivity contribution in [1.29, 1.82) is 0 Å². The van der Waals surface area contributed by atoms with E-state index < -0.39 is 0 Å². The minimum Gasteiger partial charge on any atom is -0.507 e. The Labute approximate surface area is 632 Å². The van der Waals surface area contributed by atoms with Crippen LogP contribution in [0, 0.1) is 17.7 Å². The molecule has 12 aromatic carbocycles. The second-order valence-electron chi connectivity index (χ2n) is 30.7. The Morgan fingerprint density at radius 2 is 0.810 bits per heavy atom. The molecule has 0 fully saturated rings. The van der Waals surface area contributed by atoms with Crippen molar-refractivity contribution in [2.24, 2.45) is 9.98 Å². The third-order valence-corrected chi connectivity index (χ3v) is 21.3. The van der Waals surface area contributed by atoms with Gasteiger partial charge in [-0.2, -0.15) is 0 Å². The topological polar surface area (TPSA) is 117 Å². The minimum absolute atomic E-state index is 0. The third-order valence-electron chi connectivity index (χ3n) is 19.2. The number of furan rings is 2. The normalized spacial score (nSPS) is 12.4. The fraction of sp³-hybridized carbons (Fsp3) is 0.174. The van der Waals surface area contributed by atoms with Gasteiger partial charge in [0.15, 0.2) is 0 Å². The van der Waals surface area contributed by atoms with E-state index in [9.17, 15) is 19.0 Å². The smallest absolute Gasteiger partial charge is 0.143 e. The van der Waals surface area contributed by atoms with Crippen molar-refractivity contribution >= 4 is 111 Å². The van der Waals surface area contributed by atoms with Gasteiger partial charge in [-0.3, -0.25) is 9.98 Å². The van der Waals surface area contributed by atoms with Gasteiger partial charge in [0, 0.05) is 104 Å². The van der Waals surface area contributed by atoms with E-state index in [2.05, 4.69) is 156 Å². The number of benzene rings is 12. The minimum atomic E-state index is -0.282. The molecule has 0 aliphatic carbocycles. The van der Waals surface area contributed by atoms with Gasteiger partial charge in [0.05, 0.1) is 27.2 Å². The number of rotatable bonds is 10. The Balaban J connectivity index is 0.000000175. The molecule has 0 unspecified atom stereocenters. The Hall–Kier alpha value is -10.5. The summed E-state index contributed by atoms with van der Waals surface area (Å²) >= 11 is 3.17. The number of para-hydroxylation sites is 5. The molecule has 0 saturated carbocycles. The average molecular weight is 1600 g/mol. The van der Waals surface area contributed by atoms with Crippen LogP contribution in [0.25, 0.3) is 130 Å². The zero-order chi connectivity index (χ0) is 72.7. The number of aliphatic imine (C=N–C) groups is 2. The number of fused-ring (bicyclic) bond motifs is 8. The van der Waals surface area contributed by atoms with Crippen LogP contribution in [0.3, 0.4) is 0 Å². The SMILES string of the molecule is CC(C)(C)c1cc(C=Nc2ccccc2-c2nc3c(-c4[c-]ccc5c4oc4ccccc45)cc(-c4ccc(F)cc4)cc3s2)c(O)c(C(C)(C)C)c1.CC(C)(C)c1cc(C=Nc2ccccc2-c2nc3c(-c4cccc5c4oc4ccccc45)cc(-c4ccc(F)cc4)cc3s2)c(O)c(C(C)(C)C)c1.[Pt]. The van der Waals surface area contributed by atoms with Crippen LogP contribution in [0.5, 0.6) is 11.5 Å². The van der Waals surface area contributed by atoms with E-state index in [0.717, 1.165) is 164 Å². The largest absolute Gasteiger partial charge is 0.507 e. The molecule has 526 valence electrons. The predicted octanol–water partition coefficient (Wildman–Crippen LogP) is 26.6. The predicted molar refractivity (Wildman–Crippen MR) is 431 cm³/mol. The first-order chi connectivity index (χ1) is 49.7. The fourth-order valence-electron chi connectivity index (χ4n) is 13.5. The van der Waals surface area contributed by atoms with Gasteiger partial charge in [0.2, 0.25) is 0 Å². The molecular weight excluding hydrogens is 1520 g/mol. The molecule has 0 amide bonds. The summed E-state index contributed by atoms with van der Waals surface area (Å²) < 4.78 is 42.9. The fourth-order valence-corrected chi connectivity index (χ4v) is 15.6. The van der Waals surface area contributed by atoms with E-state index in [4.69, 9.17) is 28.8 Å². The van der Waals surface area contributed by atoms with Crippen LogP contribution in [0.4, 0.5) is 20.2 Å². The van der Waals surface area contributed by atoms with Crippen LogP contribution in [0.2, 0.25) is 0 Å². The van der Waals surface area contributed by atoms with Crippen LogP contribution in [-0.2, 0) is 42.7 Å². The Morgan fingerprint density at radius 3 is 1.29 bits per heavy atom. The van der Waals surface area contributed by atoms with Gasteiger partial charge < -0.3 is 19.0 Å². The number of phenolic OH excluding ortho intramolecular Hbond substituents is 2. The van der Waals surface area contributed by atoms with Crippen LogP contribution in [0.1, 0.15) is 116 Å². The zero-order valence-corrected chi connectivity index (χ0v) is 64.3. The van der Waals surface area contributed by atoms with Gasteiger partial charge in [-0.05, 0) is 146 Å². The molecule has 13 heteroatoms. The van der Waals surface area contributed by atoms with Crippen LogP contribution >= 0.6 is 22.7 Å². The summed E-state index contributed by atoms with van der Waals surface area (Å²) in [5, 5.41) is 28.6. The maximum atomic E-state index is 14.0. The van der Waals surface area contributed by atoms with E-state index in [1.165, 1.54) is 24.3 Å². The third kappa shape index (κ3) is 14.1. The summed E-state index contributed by atoms with van der Waals surface area (Å²) in [5.74, 6) is -0.0618. The number of hydrogen-bond donors (Lipinski definition) is 2. The quantitative estimate of drug-likeness (QED) is 0.104. The number of thiazole rings is 2. The first kappa shape index (κ1) is 71.5. The molecule has 16 rings (SSSR count). The first-order valence-corrected chi connectivity index (χ1v) is 36.5. The number of nitrogens with zero attached hydrogens (tertiary/aromatic N) is 4. The molecule has 105 heavy (non-hydrogen) atoms. The summed E-state index contributed by atoms with van der Waals surface area (Å²) in [6, 6.07) is 75.6. The number of aromatic hydroxyl groups is 2. The van der Waals surface area contributed by atoms with Gasteiger partial charge in [-0.1, -0.05) is 221 Å². The van der Waals surface area contributed by atoms with Gasteiger partial charge >= 0.3 is 0 Å². The molecule has 8 nitrogen and oxygen atoms in total. The Kier molecular flexibility index (Phi) is 19.0. The van der Waals surface area contributed by atoms with E-state index in [-0.39, 0.29) is 65.9 Å². The monoisotopic (exact) mass is 1600 g/mol. The molecule has 0 saturated heterocycles. The molecule has 0 spiro atoms. The molecule has 4 aromatic heterocycles. The molecule has 0 atom stereocenters. The van der Waals surface area contributed by atoms with Crippen molar-refractivity contribution < 1.29 is 48.9 Å². The molecule has 2 N–H and O–H groups in total. The van der Waals surface area contributed by atoms with Crippen molar-refractivity contribution in [1.82, 2.24) is 9.97 Å². The van der Waals surface area contributed by atoms with Crippen molar-refractivity contribution in [3.8, 4) is 77.1 Å². The van der Waals surface area contributed by atoms with Crippen molar-refractivity contribution in [3.05, 3.63) is 276 Å². The number of phenols is 2. The first-order valence-electron chi connectivity index (χ1n) is 34.9. The molecular formula is C92H77F2N4O4PtS2-. The van der Waals surface area contributed by atoms with E-state index in [1.807, 2.05) is 121 Å². The second kappa shape index (κ2) is 27.9. The number of halogens is 2. The summed E-state index contributed by atoms with van der Waals surface area (Å²) in [7, 11) is 0. The van der Waals surface area contributed by atoms with Crippen molar-refractivity contribution in [3.63, 3.8) is 0 Å². The summed E-state index contributed by atoms with van der Waals surface area (Å²) in [5.41, 5.74) is 20.1. The maximum absolute atomic E-state index is 14.0. The molecule has 0 radical (unpaired) electrons. The summed E-state index contributed by atoms with van der Waals surface area (Å²) in [4.78, 5) is 20.5. The van der Waals surface area contributed by atoms with Gasteiger partial charge in [-0.25, -0.2) is 18.7 Å². The molecule has 4 heterocycles. The number of aromatic nitrogens is 2. The number of hydrogen-bond acceptors (Lipinski definition) is 10. The van der Waals surface area contributed by atoms with Crippen LogP contribution in [0.15, 0.2) is 243 Å². The van der Waals surface area contributed by atoms with Crippen LogP contribution < -0.4 is 0 Å².